The van der Waals surface area contributed by atoms with Gasteiger partial charge in [-0.3, -0.25) is 9.59 Å². The van der Waals surface area contributed by atoms with E-state index in [4.69, 9.17) is 15.7 Å². The molecule has 0 radical (unpaired) electrons. The van der Waals surface area contributed by atoms with Crippen LogP contribution in [0.15, 0.2) is 24.3 Å². The third-order valence-electron chi connectivity index (χ3n) is 5.01. The van der Waals surface area contributed by atoms with Crippen molar-refractivity contribution in [3.63, 3.8) is 0 Å². The summed E-state index contributed by atoms with van der Waals surface area (Å²) >= 11 is 0. The molecule has 1 aliphatic heterocycles. The van der Waals surface area contributed by atoms with Crippen LogP contribution in [0.4, 0.5) is 4.79 Å². The summed E-state index contributed by atoms with van der Waals surface area (Å²) < 4.78 is 5.03. The Bertz CT molecular complexity index is 840. The number of carbonyl (C=O) groups is 3. The minimum atomic E-state index is -1.19. The molecule has 0 saturated carbocycles. The first kappa shape index (κ1) is 23.2. The van der Waals surface area contributed by atoms with E-state index >= 15 is 0 Å². The Balaban J connectivity index is 2.17. The number of nitrogens with zero attached hydrogens (tertiary/aromatic N) is 2. The third kappa shape index (κ3) is 5.48. The summed E-state index contributed by atoms with van der Waals surface area (Å²) in [5.41, 5.74) is 5.67. The van der Waals surface area contributed by atoms with Gasteiger partial charge >= 0.3 is 6.09 Å². The van der Waals surface area contributed by atoms with Gasteiger partial charge in [-0.05, 0) is 24.6 Å². The number of hydrogen-bond acceptors (Lipinski definition) is 6. The Hall–Kier alpha value is -3.12. The highest BCUT2D eigenvalue weighted by Gasteiger charge is 2.45. The summed E-state index contributed by atoms with van der Waals surface area (Å²) in [5.74, 6) is -1.01. The van der Waals surface area contributed by atoms with Crippen LogP contribution in [0.2, 0.25) is 0 Å². The van der Waals surface area contributed by atoms with Gasteiger partial charge in [0.05, 0.1) is 23.8 Å². The molecule has 1 saturated heterocycles. The number of amides is 3. The van der Waals surface area contributed by atoms with Crippen molar-refractivity contribution in [2.24, 2.45) is 11.1 Å². The van der Waals surface area contributed by atoms with Gasteiger partial charge in [-0.25, -0.2) is 4.79 Å². The third-order valence-corrected chi connectivity index (χ3v) is 5.01. The Morgan fingerprint density at radius 2 is 1.90 bits per heavy atom. The molecule has 9 nitrogen and oxygen atoms in total. The number of primary amides is 1. The van der Waals surface area contributed by atoms with Crippen LogP contribution in [0.3, 0.4) is 0 Å². The standard InChI is InChI=1S/C21H28N4O5/c1-12(14-7-5-13(10-22)6-8-14)24-18(27)16-9-15(26)11-25(16)19(28)17(21(2,3)4)30-20(23)29/h5-8,12,15-17,26H,9,11H2,1-4H3,(H2,23,29)(H,24,27)/t12-,15+,16-,17?/m0/s1. The fraction of sp³-hybridized carbons (Fsp3) is 0.524. The summed E-state index contributed by atoms with van der Waals surface area (Å²) in [6, 6.07) is 7.55. The van der Waals surface area contributed by atoms with Gasteiger partial charge in [-0.15, -0.1) is 0 Å². The Labute approximate surface area is 175 Å². The maximum Gasteiger partial charge on any atom is 0.405 e. The van der Waals surface area contributed by atoms with E-state index in [9.17, 15) is 19.5 Å². The zero-order chi connectivity index (χ0) is 22.6. The molecule has 30 heavy (non-hydrogen) atoms. The van der Waals surface area contributed by atoms with E-state index < -0.39 is 41.6 Å². The van der Waals surface area contributed by atoms with E-state index in [2.05, 4.69) is 5.32 Å². The number of aliphatic hydroxyl groups excluding tert-OH is 1. The van der Waals surface area contributed by atoms with Crippen molar-refractivity contribution in [1.82, 2.24) is 10.2 Å². The summed E-state index contributed by atoms with van der Waals surface area (Å²) in [5, 5.41) is 21.8. The zero-order valence-corrected chi connectivity index (χ0v) is 17.6. The molecule has 0 spiro atoms. The molecule has 4 N–H and O–H groups in total. The highest BCUT2D eigenvalue weighted by molar-refractivity contribution is 5.91. The molecule has 1 aromatic carbocycles. The molecule has 1 unspecified atom stereocenters. The minimum Gasteiger partial charge on any atom is -0.436 e. The van der Waals surface area contributed by atoms with Crippen molar-refractivity contribution < 1.29 is 24.2 Å². The number of nitrogens with two attached hydrogens (primary N) is 1. The maximum atomic E-state index is 13.1. The molecular formula is C21H28N4O5. The van der Waals surface area contributed by atoms with Gasteiger partial charge in [-0.2, -0.15) is 5.26 Å². The summed E-state index contributed by atoms with van der Waals surface area (Å²) in [4.78, 5) is 38.5. The van der Waals surface area contributed by atoms with Gasteiger partial charge in [0.1, 0.15) is 6.04 Å². The summed E-state index contributed by atoms with van der Waals surface area (Å²) in [6.07, 6.45) is -3.07. The van der Waals surface area contributed by atoms with E-state index in [1.165, 1.54) is 4.90 Å². The molecule has 0 aliphatic carbocycles. The number of hydrogen-bond donors (Lipinski definition) is 3. The molecule has 1 aliphatic rings. The summed E-state index contributed by atoms with van der Waals surface area (Å²) in [7, 11) is 0. The average Bonchev–Trinajstić information content (AvgIpc) is 3.06. The molecule has 1 fully saturated rings. The van der Waals surface area contributed by atoms with Crippen LogP contribution < -0.4 is 11.1 Å². The maximum absolute atomic E-state index is 13.1. The number of rotatable bonds is 5. The molecule has 4 atom stereocenters. The van der Waals surface area contributed by atoms with Crippen molar-refractivity contribution in [1.29, 1.82) is 5.26 Å². The average molecular weight is 416 g/mol. The lowest BCUT2D eigenvalue weighted by Gasteiger charge is -2.34. The first-order chi connectivity index (χ1) is 13.9. The number of carbonyl (C=O) groups excluding carboxylic acids is 3. The van der Waals surface area contributed by atoms with E-state index in [-0.39, 0.29) is 19.0 Å². The van der Waals surface area contributed by atoms with Crippen molar-refractivity contribution >= 4 is 17.9 Å². The van der Waals surface area contributed by atoms with Crippen LogP contribution in [0.1, 0.15) is 51.3 Å². The van der Waals surface area contributed by atoms with E-state index in [1.54, 1.807) is 52.0 Å². The predicted molar refractivity (Wildman–Crippen MR) is 108 cm³/mol. The first-order valence-corrected chi connectivity index (χ1v) is 9.69. The fourth-order valence-electron chi connectivity index (χ4n) is 3.41. The van der Waals surface area contributed by atoms with Crippen LogP contribution in [0.5, 0.6) is 0 Å². The van der Waals surface area contributed by atoms with Gasteiger partial charge in [0.15, 0.2) is 6.10 Å². The van der Waals surface area contributed by atoms with E-state index in [0.717, 1.165) is 5.56 Å². The van der Waals surface area contributed by atoms with Crippen LogP contribution in [0, 0.1) is 16.7 Å². The van der Waals surface area contributed by atoms with Crippen molar-refractivity contribution in [2.75, 3.05) is 6.54 Å². The van der Waals surface area contributed by atoms with Crippen LogP contribution in [-0.4, -0.2) is 52.7 Å². The molecule has 0 bridgehead atoms. The smallest absolute Gasteiger partial charge is 0.405 e. The monoisotopic (exact) mass is 416 g/mol. The highest BCUT2D eigenvalue weighted by atomic mass is 16.6. The normalized spacial score (nSPS) is 20.7. The lowest BCUT2D eigenvalue weighted by Crippen LogP contribution is -2.53. The minimum absolute atomic E-state index is 0.0448. The van der Waals surface area contributed by atoms with E-state index in [0.29, 0.717) is 5.56 Å². The van der Waals surface area contributed by atoms with Gasteiger partial charge in [0.25, 0.3) is 5.91 Å². The number of nitrogens with one attached hydrogen (secondary N) is 1. The predicted octanol–water partition coefficient (Wildman–Crippen LogP) is 1.21. The highest BCUT2D eigenvalue weighted by Crippen LogP contribution is 2.28. The molecular weight excluding hydrogens is 388 g/mol. The van der Waals surface area contributed by atoms with Gasteiger partial charge in [0, 0.05) is 18.4 Å². The van der Waals surface area contributed by atoms with Gasteiger partial charge < -0.3 is 25.8 Å². The molecule has 1 heterocycles. The zero-order valence-electron chi connectivity index (χ0n) is 17.6. The lowest BCUT2D eigenvalue weighted by atomic mass is 9.88. The molecule has 2 rings (SSSR count). The number of aliphatic hydroxyl groups is 1. The molecule has 3 amide bonds. The van der Waals surface area contributed by atoms with Crippen molar-refractivity contribution in [3.05, 3.63) is 35.4 Å². The summed E-state index contributed by atoms with van der Waals surface area (Å²) in [6.45, 7) is 6.88. The fourth-order valence-corrected chi connectivity index (χ4v) is 3.41. The number of nitriles is 1. The van der Waals surface area contributed by atoms with Crippen LogP contribution >= 0.6 is 0 Å². The SMILES string of the molecule is C[C@H](NC(=O)[C@@H]1C[C@@H](O)CN1C(=O)C(OC(N)=O)C(C)(C)C)c1ccc(C#N)cc1. The second-order valence-electron chi connectivity index (χ2n) is 8.54. The lowest BCUT2D eigenvalue weighted by molar-refractivity contribution is -0.150. The molecule has 9 heteroatoms. The number of likely N-dealkylation sites (tertiary alicyclic amines) is 1. The first-order valence-electron chi connectivity index (χ1n) is 9.69. The molecule has 162 valence electrons. The molecule has 0 aromatic heterocycles. The van der Waals surface area contributed by atoms with Crippen molar-refractivity contribution in [2.45, 2.75) is 58.4 Å². The molecule has 1 aromatic rings. The van der Waals surface area contributed by atoms with E-state index in [1.807, 2.05) is 6.07 Å². The van der Waals surface area contributed by atoms with Crippen molar-refractivity contribution in [3.8, 4) is 6.07 Å². The number of benzene rings is 1. The number of β-amino-alcohol motifs (C(OH)–C–C–N with tert-alkyl or cyclic N) is 1. The topological polar surface area (TPSA) is 146 Å². The second kappa shape index (κ2) is 9.13. The Morgan fingerprint density at radius 3 is 2.40 bits per heavy atom. The van der Waals surface area contributed by atoms with Gasteiger partial charge in [0.2, 0.25) is 5.91 Å². The van der Waals surface area contributed by atoms with Crippen LogP contribution in [0.25, 0.3) is 0 Å². The van der Waals surface area contributed by atoms with Crippen LogP contribution in [-0.2, 0) is 14.3 Å². The quantitative estimate of drug-likeness (QED) is 0.657. The second-order valence-corrected chi connectivity index (χ2v) is 8.54. The Morgan fingerprint density at radius 1 is 1.30 bits per heavy atom. The number of ether oxygens (including phenoxy) is 1. The largest absolute Gasteiger partial charge is 0.436 e. The van der Waals surface area contributed by atoms with Gasteiger partial charge in [-0.1, -0.05) is 32.9 Å². The Kier molecular flexibility index (Phi) is 7.05.